The van der Waals surface area contributed by atoms with Gasteiger partial charge in [0.25, 0.3) is 0 Å². The Kier molecular flexibility index (Phi) is 7.98. The summed E-state index contributed by atoms with van der Waals surface area (Å²) in [4.78, 5) is 13.8. The molecule has 1 fully saturated rings. The van der Waals surface area contributed by atoms with E-state index in [1.807, 2.05) is 12.3 Å². The van der Waals surface area contributed by atoms with Gasteiger partial charge in [0, 0.05) is 39.4 Å². The highest BCUT2D eigenvalue weighted by Crippen LogP contribution is 2.17. The number of guanidine groups is 1. The van der Waals surface area contributed by atoms with E-state index >= 15 is 0 Å². The van der Waals surface area contributed by atoms with Gasteiger partial charge in [-0.25, -0.2) is 9.98 Å². The summed E-state index contributed by atoms with van der Waals surface area (Å²) in [7, 11) is 2.10. The van der Waals surface area contributed by atoms with Gasteiger partial charge in [0.05, 0.1) is 19.3 Å². The predicted molar refractivity (Wildman–Crippen MR) is 104 cm³/mol. The van der Waals surface area contributed by atoms with E-state index in [2.05, 4.69) is 54.0 Å². The highest BCUT2D eigenvalue weighted by atomic mass is 16.5. The Balaban J connectivity index is 2.03. The van der Waals surface area contributed by atoms with Crippen molar-refractivity contribution in [2.75, 3.05) is 44.7 Å². The Labute approximate surface area is 152 Å². The molecule has 0 amide bonds. The number of hydrogen-bond donors (Lipinski definition) is 1. The van der Waals surface area contributed by atoms with Gasteiger partial charge < -0.3 is 19.9 Å². The molecule has 6 nitrogen and oxygen atoms in total. The molecular weight excluding hydrogens is 314 g/mol. The number of pyridine rings is 1. The second-order valence-electron chi connectivity index (χ2n) is 6.59. The first-order valence-corrected chi connectivity index (χ1v) is 9.45. The minimum absolute atomic E-state index is 0.254. The van der Waals surface area contributed by atoms with Crippen LogP contribution in [0.15, 0.2) is 23.3 Å². The molecule has 0 aliphatic carbocycles. The van der Waals surface area contributed by atoms with Crippen molar-refractivity contribution in [3.63, 3.8) is 0 Å². The maximum absolute atomic E-state index is 5.62. The lowest BCUT2D eigenvalue weighted by Crippen LogP contribution is -2.41. The zero-order valence-electron chi connectivity index (χ0n) is 16.2. The lowest BCUT2D eigenvalue weighted by atomic mass is 10.2. The lowest BCUT2D eigenvalue weighted by molar-refractivity contribution is 0.0529. The summed E-state index contributed by atoms with van der Waals surface area (Å²) < 4.78 is 5.62. The van der Waals surface area contributed by atoms with Crippen molar-refractivity contribution in [1.82, 2.24) is 15.2 Å². The van der Waals surface area contributed by atoms with E-state index in [1.165, 1.54) is 18.4 Å². The molecule has 0 aromatic carbocycles. The van der Waals surface area contributed by atoms with Crippen molar-refractivity contribution in [2.45, 2.75) is 46.3 Å². The van der Waals surface area contributed by atoms with Gasteiger partial charge in [-0.05, 0) is 38.0 Å². The zero-order chi connectivity index (χ0) is 18.1. The van der Waals surface area contributed by atoms with Crippen LogP contribution in [0.25, 0.3) is 0 Å². The number of rotatable bonds is 7. The Bertz CT molecular complexity index is 548. The van der Waals surface area contributed by atoms with E-state index < -0.39 is 0 Å². The van der Waals surface area contributed by atoms with Gasteiger partial charge >= 0.3 is 0 Å². The summed E-state index contributed by atoms with van der Waals surface area (Å²) in [6.45, 7) is 11.5. The largest absolute Gasteiger partial charge is 0.375 e. The molecule has 1 aromatic rings. The molecule has 1 aliphatic heterocycles. The van der Waals surface area contributed by atoms with Crippen LogP contribution >= 0.6 is 0 Å². The Morgan fingerprint density at radius 3 is 3.04 bits per heavy atom. The Morgan fingerprint density at radius 2 is 2.32 bits per heavy atom. The number of nitrogens with zero attached hydrogens (tertiary/aromatic N) is 4. The monoisotopic (exact) mass is 347 g/mol. The maximum Gasteiger partial charge on any atom is 0.193 e. The molecule has 0 radical (unpaired) electrons. The van der Waals surface area contributed by atoms with Crippen LogP contribution in [0, 0.1) is 0 Å². The summed E-state index contributed by atoms with van der Waals surface area (Å²) >= 11 is 0. The van der Waals surface area contributed by atoms with Gasteiger partial charge in [0.2, 0.25) is 0 Å². The molecule has 0 bridgehead atoms. The van der Waals surface area contributed by atoms with Crippen molar-refractivity contribution < 1.29 is 4.74 Å². The van der Waals surface area contributed by atoms with Crippen molar-refractivity contribution in [3.05, 3.63) is 23.9 Å². The van der Waals surface area contributed by atoms with Crippen molar-refractivity contribution in [3.8, 4) is 0 Å². The molecule has 25 heavy (non-hydrogen) atoms. The second kappa shape index (κ2) is 10.2. The van der Waals surface area contributed by atoms with Gasteiger partial charge in [-0.2, -0.15) is 0 Å². The van der Waals surface area contributed by atoms with Crippen LogP contribution in [0.3, 0.4) is 0 Å². The summed E-state index contributed by atoms with van der Waals surface area (Å²) in [6, 6.07) is 4.20. The van der Waals surface area contributed by atoms with Gasteiger partial charge in [-0.3, -0.25) is 0 Å². The predicted octanol–water partition coefficient (Wildman–Crippen LogP) is 2.50. The summed E-state index contributed by atoms with van der Waals surface area (Å²) in [6.07, 6.45) is 4.50. The van der Waals surface area contributed by atoms with Gasteiger partial charge in [0.1, 0.15) is 5.82 Å². The first kappa shape index (κ1) is 19.5. The number of morpholine rings is 1. The lowest BCUT2D eigenvalue weighted by Gasteiger charge is -2.32. The number of unbranched alkanes of at least 4 members (excludes halogenated alkanes) is 1. The van der Waals surface area contributed by atoms with Crippen LogP contribution in [0.2, 0.25) is 0 Å². The minimum atomic E-state index is 0.254. The first-order valence-electron chi connectivity index (χ1n) is 9.45. The molecule has 0 saturated carbocycles. The van der Waals surface area contributed by atoms with Gasteiger partial charge in [0.15, 0.2) is 5.96 Å². The van der Waals surface area contributed by atoms with Crippen LogP contribution in [0.5, 0.6) is 0 Å². The SMILES string of the molecule is CCCCN(C)C(=NCc1ccnc(N2CCOC(C)C2)c1)NCC. The number of ether oxygens (including phenoxy) is 1. The summed E-state index contributed by atoms with van der Waals surface area (Å²) in [5.74, 6) is 1.99. The number of aliphatic imine (C=N–C) groups is 1. The second-order valence-corrected chi connectivity index (χ2v) is 6.59. The molecular formula is C19H33N5O. The zero-order valence-corrected chi connectivity index (χ0v) is 16.2. The number of hydrogen-bond acceptors (Lipinski definition) is 4. The molecule has 1 aliphatic rings. The molecule has 2 rings (SSSR count). The first-order chi connectivity index (χ1) is 12.1. The molecule has 1 N–H and O–H groups in total. The van der Waals surface area contributed by atoms with Gasteiger partial charge in [-0.15, -0.1) is 0 Å². The standard InChI is InChI=1S/C19H33N5O/c1-5-7-10-23(4)19(20-6-2)22-14-17-8-9-21-18(13-17)24-11-12-25-16(3)15-24/h8-9,13,16H,5-7,10-12,14-15H2,1-4H3,(H,20,22). The third kappa shape index (κ3) is 6.20. The average molecular weight is 348 g/mol. The van der Waals surface area contributed by atoms with E-state index in [-0.39, 0.29) is 6.10 Å². The molecule has 1 saturated heterocycles. The third-order valence-corrected chi connectivity index (χ3v) is 4.33. The van der Waals surface area contributed by atoms with E-state index in [9.17, 15) is 0 Å². The summed E-state index contributed by atoms with van der Waals surface area (Å²) in [5, 5.41) is 3.38. The van der Waals surface area contributed by atoms with Crippen LogP contribution in [-0.2, 0) is 11.3 Å². The van der Waals surface area contributed by atoms with Crippen LogP contribution in [0.4, 0.5) is 5.82 Å². The van der Waals surface area contributed by atoms with Crippen LogP contribution in [0.1, 0.15) is 39.2 Å². The minimum Gasteiger partial charge on any atom is -0.375 e. The van der Waals surface area contributed by atoms with Crippen molar-refractivity contribution in [1.29, 1.82) is 0 Å². The molecule has 1 unspecified atom stereocenters. The van der Waals surface area contributed by atoms with Crippen LogP contribution < -0.4 is 10.2 Å². The van der Waals surface area contributed by atoms with E-state index in [0.29, 0.717) is 6.54 Å². The quantitative estimate of drug-likeness (QED) is 0.607. The normalized spacial score (nSPS) is 18.3. The average Bonchev–Trinajstić information content (AvgIpc) is 2.63. The molecule has 1 atom stereocenters. The Hall–Kier alpha value is -1.82. The molecule has 2 heterocycles. The van der Waals surface area contributed by atoms with Gasteiger partial charge in [-0.1, -0.05) is 13.3 Å². The van der Waals surface area contributed by atoms with Crippen LogP contribution in [-0.4, -0.2) is 61.8 Å². The van der Waals surface area contributed by atoms with E-state index in [0.717, 1.165) is 44.6 Å². The van der Waals surface area contributed by atoms with E-state index in [1.54, 1.807) is 0 Å². The summed E-state index contributed by atoms with van der Waals surface area (Å²) in [5.41, 5.74) is 1.18. The maximum atomic E-state index is 5.62. The Morgan fingerprint density at radius 1 is 1.48 bits per heavy atom. The van der Waals surface area contributed by atoms with E-state index in [4.69, 9.17) is 9.73 Å². The number of anilines is 1. The topological polar surface area (TPSA) is 53.0 Å². The third-order valence-electron chi connectivity index (χ3n) is 4.33. The molecule has 140 valence electrons. The molecule has 6 heteroatoms. The van der Waals surface area contributed by atoms with Crippen molar-refractivity contribution >= 4 is 11.8 Å². The highest BCUT2D eigenvalue weighted by Gasteiger charge is 2.18. The number of nitrogens with one attached hydrogen (secondary N) is 1. The smallest absolute Gasteiger partial charge is 0.193 e. The molecule has 0 spiro atoms. The highest BCUT2D eigenvalue weighted by molar-refractivity contribution is 5.79. The number of aromatic nitrogens is 1. The fourth-order valence-electron chi connectivity index (χ4n) is 2.90. The van der Waals surface area contributed by atoms with Crippen molar-refractivity contribution in [2.24, 2.45) is 4.99 Å². The fraction of sp³-hybridized carbons (Fsp3) is 0.684. The fourth-order valence-corrected chi connectivity index (χ4v) is 2.90. The molecule has 1 aromatic heterocycles.